The first-order valence-electron chi connectivity index (χ1n) is 9.59. The molecule has 4 rings (SSSR count). The number of carbonyl (C=O) groups is 1. The van der Waals surface area contributed by atoms with Gasteiger partial charge in [-0.15, -0.1) is 0 Å². The molecule has 8 heteroatoms. The normalized spacial score (nSPS) is 16.0. The van der Waals surface area contributed by atoms with Gasteiger partial charge in [0.1, 0.15) is 18.2 Å². The molecule has 1 aliphatic heterocycles. The lowest BCUT2D eigenvalue weighted by atomic mass is 10.1. The molecule has 4 N–H and O–H groups in total. The quantitative estimate of drug-likeness (QED) is 0.568. The zero-order valence-electron chi connectivity index (χ0n) is 15.9. The molecule has 0 radical (unpaired) electrons. The smallest absolute Gasteiger partial charge is 0.255 e. The highest BCUT2D eigenvalue weighted by atomic mass is 16.5. The standard InChI is InChI=1S/C21H23N5O3/c22-12-19-24-20(26-25-19)14-6-8-16(9-7-14)23-21(27)15-3-1-4-17(11-15)29-13-18-5-2-10-28-18/h1,3-4,6-9,11,18H,2,5,10,12-13,22H2,(H,23,27)(H,24,25,26). The topological polar surface area (TPSA) is 115 Å². The molecule has 2 aromatic carbocycles. The molecule has 150 valence electrons. The van der Waals surface area contributed by atoms with Gasteiger partial charge in [0.2, 0.25) is 0 Å². The summed E-state index contributed by atoms with van der Waals surface area (Å²) >= 11 is 0. The number of rotatable bonds is 7. The molecular formula is C21H23N5O3. The van der Waals surface area contributed by atoms with Crippen LogP contribution >= 0.6 is 0 Å². The van der Waals surface area contributed by atoms with Gasteiger partial charge in [0.25, 0.3) is 5.91 Å². The Bertz CT molecular complexity index is 964. The Morgan fingerprint density at radius 3 is 2.86 bits per heavy atom. The number of benzene rings is 2. The summed E-state index contributed by atoms with van der Waals surface area (Å²) < 4.78 is 11.3. The summed E-state index contributed by atoms with van der Waals surface area (Å²) in [7, 11) is 0. The van der Waals surface area contributed by atoms with Crippen LogP contribution < -0.4 is 15.8 Å². The molecule has 3 aromatic rings. The van der Waals surface area contributed by atoms with Crippen LogP contribution in [0, 0.1) is 0 Å². The van der Waals surface area contributed by atoms with Crippen LogP contribution in [0.2, 0.25) is 0 Å². The molecule has 0 bridgehead atoms. The van der Waals surface area contributed by atoms with Crippen molar-refractivity contribution in [1.29, 1.82) is 0 Å². The van der Waals surface area contributed by atoms with Gasteiger partial charge in [0.05, 0.1) is 12.6 Å². The SMILES string of the molecule is NCc1nc(-c2ccc(NC(=O)c3cccc(OCC4CCCO4)c3)cc2)n[nH]1. The van der Waals surface area contributed by atoms with Crippen LogP contribution in [0.3, 0.4) is 0 Å². The average Bonchev–Trinajstić information content (AvgIpc) is 3.45. The third kappa shape index (κ3) is 4.79. The van der Waals surface area contributed by atoms with Crippen molar-refractivity contribution >= 4 is 11.6 Å². The van der Waals surface area contributed by atoms with Gasteiger partial charge in [-0.2, -0.15) is 5.10 Å². The van der Waals surface area contributed by atoms with E-state index in [0.29, 0.717) is 41.8 Å². The van der Waals surface area contributed by atoms with Crippen LogP contribution in [-0.2, 0) is 11.3 Å². The third-order valence-corrected chi connectivity index (χ3v) is 4.68. The number of carbonyl (C=O) groups excluding carboxylic acids is 1. The number of H-pyrrole nitrogens is 1. The molecule has 29 heavy (non-hydrogen) atoms. The van der Waals surface area contributed by atoms with Crippen molar-refractivity contribution in [2.75, 3.05) is 18.5 Å². The van der Waals surface area contributed by atoms with E-state index >= 15 is 0 Å². The molecule has 0 saturated carbocycles. The summed E-state index contributed by atoms with van der Waals surface area (Å²) in [6.07, 6.45) is 2.22. The Morgan fingerprint density at radius 1 is 1.28 bits per heavy atom. The van der Waals surface area contributed by atoms with E-state index in [2.05, 4.69) is 20.5 Å². The van der Waals surface area contributed by atoms with Crippen LogP contribution in [0.4, 0.5) is 5.69 Å². The van der Waals surface area contributed by atoms with Gasteiger partial charge in [-0.05, 0) is 55.3 Å². The molecule has 1 aromatic heterocycles. The maximum Gasteiger partial charge on any atom is 0.255 e. The Morgan fingerprint density at radius 2 is 2.14 bits per heavy atom. The van der Waals surface area contributed by atoms with E-state index in [1.165, 1.54) is 0 Å². The average molecular weight is 393 g/mol. The fourth-order valence-corrected chi connectivity index (χ4v) is 3.11. The minimum Gasteiger partial charge on any atom is -0.491 e. The number of amides is 1. The van der Waals surface area contributed by atoms with Crippen LogP contribution in [-0.4, -0.2) is 40.4 Å². The Hall–Kier alpha value is -3.23. The maximum absolute atomic E-state index is 12.6. The molecule has 0 spiro atoms. The van der Waals surface area contributed by atoms with E-state index in [1.807, 2.05) is 30.3 Å². The zero-order chi connectivity index (χ0) is 20.1. The van der Waals surface area contributed by atoms with Crippen molar-refractivity contribution < 1.29 is 14.3 Å². The summed E-state index contributed by atoms with van der Waals surface area (Å²) in [6, 6.07) is 14.5. The second kappa shape index (κ2) is 8.85. The van der Waals surface area contributed by atoms with Crippen molar-refractivity contribution in [3.8, 4) is 17.1 Å². The molecule has 1 fully saturated rings. The highest BCUT2D eigenvalue weighted by Gasteiger charge is 2.16. The van der Waals surface area contributed by atoms with E-state index in [-0.39, 0.29) is 12.0 Å². The molecule has 1 saturated heterocycles. The first kappa shape index (κ1) is 19.1. The first-order chi connectivity index (χ1) is 14.2. The number of nitrogens with one attached hydrogen (secondary N) is 2. The minimum absolute atomic E-state index is 0.135. The number of hydrogen-bond donors (Lipinski definition) is 3. The highest BCUT2D eigenvalue weighted by Crippen LogP contribution is 2.20. The predicted molar refractivity (Wildman–Crippen MR) is 109 cm³/mol. The van der Waals surface area contributed by atoms with Gasteiger partial charge in [-0.1, -0.05) is 6.07 Å². The lowest BCUT2D eigenvalue weighted by molar-refractivity contribution is 0.0679. The fourth-order valence-electron chi connectivity index (χ4n) is 3.11. The van der Waals surface area contributed by atoms with E-state index < -0.39 is 0 Å². The molecule has 1 aliphatic rings. The molecule has 2 heterocycles. The number of aromatic nitrogens is 3. The fraction of sp³-hybridized carbons (Fsp3) is 0.286. The summed E-state index contributed by atoms with van der Waals surface area (Å²) in [5.41, 5.74) is 7.58. The van der Waals surface area contributed by atoms with Crippen molar-refractivity contribution in [3.05, 3.63) is 59.9 Å². The van der Waals surface area contributed by atoms with E-state index in [4.69, 9.17) is 15.2 Å². The van der Waals surface area contributed by atoms with Crippen molar-refractivity contribution in [2.24, 2.45) is 5.73 Å². The van der Waals surface area contributed by atoms with Crippen molar-refractivity contribution in [2.45, 2.75) is 25.5 Å². The van der Waals surface area contributed by atoms with Gasteiger partial charge >= 0.3 is 0 Å². The summed E-state index contributed by atoms with van der Waals surface area (Å²) in [5, 5.41) is 9.79. The molecule has 1 atom stereocenters. The zero-order valence-corrected chi connectivity index (χ0v) is 15.9. The highest BCUT2D eigenvalue weighted by molar-refractivity contribution is 6.04. The van der Waals surface area contributed by atoms with Gasteiger partial charge in [0, 0.05) is 23.4 Å². The molecular weight excluding hydrogens is 370 g/mol. The van der Waals surface area contributed by atoms with E-state index in [0.717, 1.165) is 25.0 Å². The molecule has 0 aliphatic carbocycles. The molecule has 1 unspecified atom stereocenters. The lowest BCUT2D eigenvalue weighted by Gasteiger charge is -2.12. The van der Waals surface area contributed by atoms with Crippen LogP contribution in [0.15, 0.2) is 48.5 Å². The van der Waals surface area contributed by atoms with Gasteiger partial charge in [-0.3, -0.25) is 9.89 Å². The monoisotopic (exact) mass is 393 g/mol. The number of ether oxygens (including phenoxy) is 2. The second-order valence-corrected chi connectivity index (χ2v) is 6.82. The summed E-state index contributed by atoms with van der Waals surface area (Å²) in [4.78, 5) is 16.9. The van der Waals surface area contributed by atoms with Crippen LogP contribution in [0.5, 0.6) is 5.75 Å². The number of anilines is 1. The van der Waals surface area contributed by atoms with Gasteiger partial charge in [-0.25, -0.2) is 4.98 Å². The first-order valence-corrected chi connectivity index (χ1v) is 9.59. The van der Waals surface area contributed by atoms with Crippen LogP contribution in [0.1, 0.15) is 29.0 Å². The number of aromatic amines is 1. The lowest BCUT2D eigenvalue weighted by Crippen LogP contribution is -2.17. The molecule has 1 amide bonds. The Kier molecular flexibility index (Phi) is 5.83. The van der Waals surface area contributed by atoms with E-state index in [1.54, 1.807) is 18.2 Å². The third-order valence-electron chi connectivity index (χ3n) is 4.68. The predicted octanol–water partition coefficient (Wildman–Crippen LogP) is 2.74. The van der Waals surface area contributed by atoms with Crippen LogP contribution in [0.25, 0.3) is 11.4 Å². The minimum atomic E-state index is -0.205. The van der Waals surface area contributed by atoms with Crippen molar-refractivity contribution in [3.63, 3.8) is 0 Å². The van der Waals surface area contributed by atoms with E-state index in [9.17, 15) is 4.79 Å². The van der Waals surface area contributed by atoms with Gasteiger partial charge < -0.3 is 20.5 Å². The summed E-state index contributed by atoms with van der Waals surface area (Å²) in [5.74, 6) is 1.64. The Balaban J connectivity index is 1.37. The Labute approximate surface area is 168 Å². The summed E-state index contributed by atoms with van der Waals surface area (Å²) in [6.45, 7) is 1.59. The van der Waals surface area contributed by atoms with Crippen molar-refractivity contribution in [1.82, 2.24) is 15.2 Å². The number of nitrogens with zero attached hydrogens (tertiary/aromatic N) is 2. The largest absolute Gasteiger partial charge is 0.491 e. The maximum atomic E-state index is 12.6. The van der Waals surface area contributed by atoms with Gasteiger partial charge in [0.15, 0.2) is 5.82 Å². The number of hydrogen-bond acceptors (Lipinski definition) is 6. The molecule has 8 nitrogen and oxygen atoms in total. The number of nitrogens with two attached hydrogens (primary N) is 1. The second-order valence-electron chi connectivity index (χ2n) is 6.82.